The molecule has 0 N–H and O–H groups in total. The monoisotopic (exact) mass is 272 g/mol. The molecule has 0 saturated heterocycles. The smallest absolute Gasteiger partial charge is 0.0963 e. The van der Waals surface area contributed by atoms with Gasteiger partial charge in [-0.3, -0.25) is 0 Å². The number of rotatable bonds is 5. The van der Waals surface area contributed by atoms with Gasteiger partial charge in [0, 0.05) is 14.2 Å². The lowest BCUT2D eigenvalue weighted by Gasteiger charge is -2.12. The second-order valence-electron chi connectivity index (χ2n) is 4.65. The standard InChI is InChI=1S/C16H20N2O2/c1-11(19-3)13-7-5-9-15(17-13)16-10-6-8-14(18-16)12(2)20-4/h5-12H,1-4H3/t11-,12-/m1/s1. The number of pyridine rings is 2. The minimum absolute atomic E-state index is 0.0315. The summed E-state index contributed by atoms with van der Waals surface area (Å²) in [6.07, 6.45) is -0.0629. The largest absolute Gasteiger partial charge is 0.375 e. The molecule has 2 aromatic heterocycles. The minimum atomic E-state index is -0.0315. The average Bonchev–Trinajstić information content (AvgIpc) is 2.53. The zero-order chi connectivity index (χ0) is 14.5. The summed E-state index contributed by atoms with van der Waals surface area (Å²) in [6.45, 7) is 3.95. The third kappa shape index (κ3) is 3.21. The summed E-state index contributed by atoms with van der Waals surface area (Å²) in [6, 6.07) is 11.8. The number of nitrogens with zero attached hydrogens (tertiary/aromatic N) is 2. The van der Waals surface area contributed by atoms with Crippen molar-refractivity contribution < 1.29 is 9.47 Å². The highest BCUT2D eigenvalue weighted by Gasteiger charge is 2.10. The summed E-state index contributed by atoms with van der Waals surface area (Å²) < 4.78 is 10.6. The summed E-state index contributed by atoms with van der Waals surface area (Å²) in [5, 5.41) is 0. The number of aromatic nitrogens is 2. The molecule has 0 aliphatic carbocycles. The van der Waals surface area contributed by atoms with E-state index in [0.717, 1.165) is 22.8 Å². The highest BCUT2D eigenvalue weighted by molar-refractivity contribution is 5.54. The van der Waals surface area contributed by atoms with Crippen molar-refractivity contribution in [3.63, 3.8) is 0 Å². The van der Waals surface area contributed by atoms with Crippen molar-refractivity contribution >= 4 is 0 Å². The Bertz CT molecular complexity index is 520. The predicted molar refractivity (Wildman–Crippen MR) is 78.3 cm³/mol. The molecule has 106 valence electrons. The van der Waals surface area contributed by atoms with E-state index in [2.05, 4.69) is 9.97 Å². The topological polar surface area (TPSA) is 44.2 Å². The summed E-state index contributed by atoms with van der Waals surface area (Å²) >= 11 is 0. The van der Waals surface area contributed by atoms with Gasteiger partial charge in [0.25, 0.3) is 0 Å². The third-order valence-corrected chi connectivity index (χ3v) is 3.34. The summed E-state index contributed by atoms with van der Waals surface area (Å²) in [5.74, 6) is 0. The molecular formula is C16H20N2O2. The van der Waals surface area contributed by atoms with Gasteiger partial charge in [0.05, 0.1) is 35.0 Å². The van der Waals surface area contributed by atoms with Crippen molar-refractivity contribution in [1.29, 1.82) is 0 Å². The SMILES string of the molecule is CO[C@H](C)c1cccc(-c2cccc([C@@H](C)OC)n2)n1. The Morgan fingerprint density at radius 1 is 0.750 bits per heavy atom. The Morgan fingerprint density at radius 2 is 1.15 bits per heavy atom. The normalized spacial score (nSPS) is 14.0. The fourth-order valence-corrected chi connectivity index (χ4v) is 1.88. The van der Waals surface area contributed by atoms with Gasteiger partial charge in [-0.25, -0.2) is 9.97 Å². The van der Waals surface area contributed by atoms with Crippen molar-refractivity contribution in [2.24, 2.45) is 0 Å². The Kier molecular flexibility index (Phi) is 4.82. The van der Waals surface area contributed by atoms with Crippen LogP contribution in [0.2, 0.25) is 0 Å². The van der Waals surface area contributed by atoms with Gasteiger partial charge < -0.3 is 9.47 Å². The second-order valence-corrected chi connectivity index (χ2v) is 4.65. The Balaban J connectivity index is 2.36. The van der Waals surface area contributed by atoms with E-state index in [9.17, 15) is 0 Å². The third-order valence-electron chi connectivity index (χ3n) is 3.34. The fraction of sp³-hybridized carbons (Fsp3) is 0.375. The highest BCUT2D eigenvalue weighted by Crippen LogP contribution is 2.21. The van der Waals surface area contributed by atoms with Crippen LogP contribution in [-0.2, 0) is 9.47 Å². The number of hydrogen-bond donors (Lipinski definition) is 0. The van der Waals surface area contributed by atoms with Gasteiger partial charge in [0.2, 0.25) is 0 Å². The van der Waals surface area contributed by atoms with Crippen LogP contribution < -0.4 is 0 Å². The molecule has 0 saturated carbocycles. The Morgan fingerprint density at radius 3 is 1.50 bits per heavy atom. The average molecular weight is 272 g/mol. The van der Waals surface area contributed by atoms with Gasteiger partial charge in [-0.15, -0.1) is 0 Å². The predicted octanol–water partition coefficient (Wildman–Crippen LogP) is 3.56. The quantitative estimate of drug-likeness (QED) is 0.834. The van der Waals surface area contributed by atoms with Crippen LogP contribution in [0.15, 0.2) is 36.4 Å². The van der Waals surface area contributed by atoms with Gasteiger partial charge in [-0.05, 0) is 38.1 Å². The van der Waals surface area contributed by atoms with Crippen molar-refractivity contribution in [1.82, 2.24) is 9.97 Å². The van der Waals surface area contributed by atoms with E-state index in [1.165, 1.54) is 0 Å². The molecule has 2 atom stereocenters. The fourth-order valence-electron chi connectivity index (χ4n) is 1.88. The van der Waals surface area contributed by atoms with Crippen LogP contribution in [-0.4, -0.2) is 24.2 Å². The van der Waals surface area contributed by atoms with E-state index in [0.29, 0.717) is 0 Å². The van der Waals surface area contributed by atoms with Crippen molar-refractivity contribution in [2.75, 3.05) is 14.2 Å². The molecule has 0 spiro atoms. The summed E-state index contributed by atoms with van der Waals surface area (Å²) in [4.78, 5) is 9.22. The minimum Gasteiger partial charge on any atom is -0.375 e. The first-order valence-corrected chi connectivity index (χ1v) is 6.65. The zero-order valence-electron chi connectivity index (χ0n) is 12.3. The lowest BCUT2D eigenvalue weighted by Crippen LogP contribution is -2.02. The van der Waals surface area contributed by atoms with Crippen LogP contribution in [0.1, 0.15) is 37.4 Å². The molecule has 0 aliphatic heterocycles. The molecule has 2 heterocycles. The lowest BCUT2D eigenvalue weighted by molar-refractivity contribution is 0.115. The molecule has 0 aliphatic rings. The summed E-state index contributed by atoms with van der Waals surface area (Å²) in [5.41, 5.74) is 3.49. The van der Waals surface area contributed by atoms with Crippen molar-refractivity contribution in [3.05, 3.63) is 47.8 Å². The molecule has 2 rings (SSSR count). The maximum atomic E-state index is 5.30. The molecular weight excluding hydrogens is 252 g/mol. The first-order chi connectivity index (χ1) is 9.65. The number of methoxy groups -OCH3 is 2. The van der Waals surface area contributed by atoms with Crippen molar-refractivity contribution in [2.45, 2.75) is 26.1 Å². The van der Waals surface area contributed by atoms with E-state index < -0.39 is 0 Å². The van der Waals surface area contributed by atoms with E-state index >= 15 is 0 Å². The van der Waals surface area contributed by atoms with E-state index in [-0.39, 0.29) is 12.2 Å². The lowest BCUT2D eigenvalue weighted by atomic mass is 10.1. The van der Waals surface area contributed by atoms with Gasteiger partial charge in [0.15, 0.2) is 0 Å². The molecule has 0 radical (unpaired) electrons. The van der Waals surface area contributed by atoms with Gasteiger partial charge in [0.1, 0.15) is 0 Å². The first kappa shape index (κ1) is 14.6. The number of hydrogen-bond acceptors (Lipinski definition) is 4. The van der Waals surface area contributed by atoms with Crippen LogP contribution in [0.5, 0.6) is 0 Å². The molecule has 20 heavy (non-hydrogen) atoms. The molecule has 4 heteroatoms. The van der Waals surface area contributed by atoms with Crippen LogP contribution in [0, 0.1) is 0 Å². The zero-order valence-corrected chi connectivity index (χ0v) is 12.3. The van der Waals surface area contributed by atoms with Crippen molar-refractivity contribution in [3.8, 4) is 11.4 Å². The maximum absolute atomic E-state index is 5.30. The molecule has 4 nitrogen and oxygen atoms in total. The molecule has 0 bridgehead atoms. The van der Waals surface area contributed by atoms with Gasteiger partial charge >= 0.3 is 0 Å². The molecule has 2 aromatic rings. The molecule has 0 aromatic carbocycles. The van der Waals surface area contributed by atoms with Crippen LogP contribution >= 0.6 is 0 Å². The van der Waals surface area contributed by atoms with E-state index in [4.69, 9.17) is 9.47 Å². The molecule has 0 amide bonds. The first-order valence-electron chi connectivity index (χ1n) is 6.65. The van der Waals surface area contributed by atoms with Gasteiger partial charge in [-0.1, -0.05) is 12.1 Å². The van der Waals surface area contributed by atoms with Crippen LogP contribution in [0.25, 0.3) is 11.4 Å². The second kappa shape index (κ2) is 6.59. The summed E-state index contributed by atoms with van der Waals surface area (Å²) in [7, 11) is 3.36. The Hall–Kier alpha value is -1.78. The molecule has 0 fully saturated rings. The van der Waals surface area contributed by atoms with E-state index in [1.54, 1.807) is 14.2 Å². The van der Waals surface area contributed by atoms with Crippen LogP contribution in [0.4, 0.5) is 0 Å². The van der Waals surface area contributed by atoms with Crippen LogP contribution in [0.3, 0.4) is 0 Å². The Labute approximate surface area is 119 Å². The highest BCUT2D eigenvalue weighted by atomic mass is 16.5. The van der Waals surface area contributed by atoms with E-state index in [1.807, 2.05) is 50.2 Å². The number of ether oxygens (including phenoxy) is 2. The molecule has 0 unspecified atom stereocenters. The maximum Gasteiger partial charge on any atom is 0.0963 e. The van der Waals surface area contributed by atoms with Gasteiger partial charge in [-0.2, -0.15) is 0 Å².